The molecule has 0 unspecified atom stereocenters. The fraction of sp³-hybridized carbons (Fsp3) is 0.333. The minimum Gasteiger partial charge on any atom is -0.191 e. The maximum absolute atomic E-state index is 12.3. The molecule has 0 fully saturated rings. The van der Waals surface area contributed by atoms with Gasteiger partial charge in [-0.1, -0.05) is 0 Å². The maximum Gasteiger partial charge on any atom is 0.458 e. The van der Waals surface area contributed by atoms with E-state index in [4.69, 9.17) is 0 Å². The Bertz CT molecular complexity index is 247. The van der Waals surface area contributed by atoms with Crippen molar-refractivity contribution >= 4 is 11.3 Å². The van der Waals surface area contributed by atoms with E-state index in [2.05, 4.69) is 0 Å². The molecule has 1 aromatic heterocycles. The summed E-state index contributed by atoms with van der Waals surface area (Å²) in [7, 11) is 0. The first-order valence-electron chi connectivity index (χ1n) is 2.76. The number of thiophene rings is 1. The zero-order valence-corrected chi connectivity index (χ0v) is 6.27. The second-order valence-electron chi connectivity index (χ2n) is 2.01. The van der Waals surface area contributed by atoms with E-state index in [1.54, 1.807) is 0 Å². The molecular formula is C6H2F5S. The molecule has 1 radical (unpaired) electrons. The lowest BCUT2D eigenvalue weighted by Gasteiger charge is -2.17. The molecule has 0 amide bonds. The van der Waals surface area contributed by atoms with Crippen LogP contribution in [-0.4, -0.2) is 6.18 Å². The van der Waals surface area contributed by atoms with Gasteiger partial charge >= 0.3 is 12.1 Å². The van der Waals surface area contributed by atoms with E-state index in [-0.39, 0.29) is 0 Å². The Morgan fingerprint density at radius 2 is 1.75 bits per heavy atom. The van der Waals surface area contributed by atoms with Gasteiger partial charge in [0, 0.05) is 5.56 Å². The fourth-order valence-corrected chi connectivity index (χ4v) is 1.15. The number of halogens is 5. The zero-order chi connectivity index (χ0) is 9.41. The minimum atomic E-state index is -5.54. The Hall–Kier alpha value is -0.650. The van der Waals surface area contributed by atoms with E-state index in [1.807, 2.05) is 5.38 Å². The highest BCUT2D eigenvalue weighted by Crippen LogP contribution is 2.43. The van der Waals surface area contributed by atoms with Gasteiger partial charge in [-0.3, -0.25) is 0 Å². The van der Waals surface area contributed by atoms with Gasteiger partial charge in [-0.05, 0) is 11.4 Å². The third kappa shape index (κ3) is 1.43. The van der Waals surface area contributed by atoms with Gasteiger partial charge < -0.3 is 0 Å². The summed E-state index contributed by atoms with van der Waals surface area (Å²) in [4.78, 5) is 0. The van der Waals surface area contributed by atoms with Gasteiger partial charge in [0.25, 0.3) is 0 Å². The van der Waals surface area contributed by atoms with Crippen LogP contribution < -0.4 is 0 Å². The monoisotopic (exact) mass is 201 g/mol. The smallest absolute Gasteiger partial charge is 0.191 e. The van der Waals surface area contributed by atoms with Crippen molar-refractivity contribution in [3.8, 4) is 0 Å². The standard InChI is InChI=1S/C6H2F5S/c7-5(8,6(9,10)11)4-1-2-12-3-4/h1-2H. The van der Waals surface area contributed by atoms with Crippen molar-refractivity contribution < 1.29 is 22.0 Å². The highest BCUT2D eigenvalue weighted by Gasteiger charge is 2.58. The summed E-state index contributed by atoms with van der Waals surface area (Å²) in [6.45, 7) is 0. The summed E-state index contributed by atoms with van der Waals surface area (Å²) in [6, 6.07) is 0.707. The van der Waals surface area contributed by atoms with E-state index in [1.165, 1.54) is 0 Å². The molecule has 12 heavy (non-hydrogen) atoms. The summed E-state index contributed by atoms with van der Waals surface area (Å²) in [6.07, 6.45) is -5.54. The van der Waals surface area contributed by atoms with Gasteiger partial charge in [0.15, 0.2) is 0 Å². The van der Waals surface area contributed by atoms with Crippen molar-refractivity contribution in [3.63, 3.8) is 0 Å². The van der Waals surface area contributed by atoms with Crippen LogP contribution in [0.1, 0.15) is 5.56 Å². The molecule has 1 heterocycles. The molecule has 0 saturated heterocycles. The topological polar surface area (TPSA) is 0 Å². The average Bonchev–Trinajstić information content (AvgIpc) is 2.34. The molecule has 0 bridgehead atoms. The average molecular weight is 201 g/mol. The lowest BCUT2D eigenvalue weighted by Crippen LogP contribution is -2.33. The molecule has 0 saturated carbocycles. The third-order valence-electron chi connectivity index (χ3n) is 1.17. The van der Waals surface area contributed by atoms with Crippen molar-refractivity contribution in [2.24, 2.45) is 0 Å². The summed E-state index contributed by atoms with van der Waals surface area (Å²) in [5.41, 5.74) is -1.13. The Kier molecular flexibility index (Phi) is 2.11. The Balaban J connectivity index is 3.02. The van der Waals surface area contributed by atoms with Crippen molar-refractivity contribution in [1.29, 1.82) is 0 Å². The molecule has 0 aliphatic rings. The largest absolute Gasteiger partial charge is 0.458 e. The molecule has 0 aromatic carbocycles. The lowest BCUT2D eigenvalue weighted by molar-refractivity contribution is -0.289. The third-order valence-corrected chi connectivity index (χ3v) is 1.78. The quantitative estimate of drug-likeness (QED) is 0.612. The van der Waals surface area contributed by atoms with E-state index in [0.717, 1.165) is 5.38 Å². The molecule has 0 N–H and O–H groups in total. The van der Waals surface area contributed by atoms with Crippen LogP contribution in [0.2, 0.25) is 0 Å². The first-order valence-corrected chi connectivity index (χ1v) is 3.64. The summed E-state index contributed by atoms with van der Waals surface area (Å²) in [5.74, 6) is -4.78. The van der Waals surface area contributed by atoms with Crippen molar-refractivity contribution in [3.05, 3.63) is 22.4 Å². The van der Waals surface area contributed by atoms with E-state index >= 15 is 0 Å². The number of hydrogen-bond acceptors (Lipinski definition) is 1. The zero-order valence-electron chi connectivity index (χ0n) is 5.45. The van der Waals surface area contributed by atoms with Crippen LogP contribution in [0.4, 0.5) is 22.0 Å². The van der Waals surface area contributed by atoms with Crippen LogP contribution in [0.5, 0.6) is 0 Å². The molecule has 0 aliphatic heterocycles. The first kappa shape index (κ1) is 9.44. The van der Waals surface area contributed by atoms with Gasteiger partial charge in [-0.15, -0.1) is 11.3 Å². The molecule has 67 valence electrons. The van der Waals surface area contributed by atoms with E-state index in [0.29, 0.717) is 17.4 Å². The molecule has 1 aromatic rings. The summed E-state index contributed by atoms with van der Waals surface area (Å²) in [5, 5.41) is 2.98. The van der Waals surface area contributed by atoms with Crippen molar-refractivity contribution in [2.45, 2.75) is 12.1 Å². The Morgan fingerprint density at radius 1 is 1.17 bits per heavy atom. The van der Waals surface area contributed by atoms with Gasteiger partial charge in [0.05, 0.1) is 5.38 Å². The maximum atomic E-state index is 12.3. The van der Waals surface area contributed by atoms with Gasteiger partial charge in [0.1, 0.15) is 0 Å². The molecule has 1 rings (SSSR count). The SMILES string of the molecule is FC(F)(F)C(F)(F)c1[c]scc1. The molecule has 6 heteroatoms. The van der Waals surface area contributed by atoms with Gasteiger partial charge in [-0.2, -0.15) is 22.0 Å². The van der Waals surface area contributed by atoms with Gasteiger partial charge in [-0.25, -0.2) is 0 Å². The molecular weight excluding hydrogens is 199 g/mol. The number of rotatable bonds is 1. The second kappa shape index (κ2) is 2.69. The molecule has 0 spiro atoms. The number of alkyl halides is 5. The fourth-order valence-electron chi connectivity index (χ4n) is 0.555. The molecule has 0 nitrogen and oxygen atoms in total. The molecule has 0 aliphatic carbocycles. The Labute approximate surface area is 68.6 Å². The predicted molar refractivity (Wildman–Crippen MR) is 33.1 cm³/mol. The lowest BCUT2D eigenvalue weighted by atomic mass is 10.2. The van der Waals surface area contributed by atoms with Crippen LogP contribution in [0.25, 0.3) is 0 Å². The second-order valence-corrected chi connectivity index (χ2v) is 2.72. The van der Waals surface area contributed by atoms with Crippen LogP contribution in [-0.2, 0) is 5.92 Å². The first-order chi connectivity index (χ1) is 5.36. The van der Waals surface area contributed by atoms with E-state index < -0.39 is 17.7 Å². The highest BCUT2D eigenvalue weighted by molar-refractivity contribution is 7.07. The van der Waals surface area contributed by atoms with Crippen LogP contribution in [0, 0.1) is 5.38 Å². The molecule has 0 atom stereocenters. The van der Waals surface area contributed by atoms with Crippen LogP contribution in [0.15, 0.2) is 11.4 Å². The van der Waals surface area contributed by atoms with Crippen LogP contribution in [0.3, 0.4) is 0 Å². The van der Waals surface area contributed by atoms with Gasteiger partial charge in [0.2, 0.25) is 0 Å². The summed E-state index contributed by atoms with van der Waals surface area (Å²) >= 11 is 0.678. The van der Waals surface area contributed by atoms with Crippen molar-refractivity contribution in [1.82, 2.24) is 0 Å². The Morgan fingerprint density at radius 3 is 2.08 bits per heavy atom. The highest BCUT2D eigenvalue weighted by atomic mass is 32.1. The van der Waals surface area contributed by atoms with E-state index in [9.17, 15) is 22.0 Å². The van der Waals surface area contributed by atoms with Crippen molar-refractivity contribution in [2.75, 3.05) is 0 Å². The number of hydrogen-bond donors (Lipinski definition) is 0. The summed E-state index contributed by atoms with van der Waals surface area (Å²) < 4.78 is 59.6. The minimum absolute atomic E-state index is 0.678. The van der Waals surface area contributed by atoms with Crippen LogP contribution >= 0.6 is 11.3 Å². The normalized spacial score (nSPS) is 13.4. The predicted octanol–water partition coefficient (Wildman–Crippen LogP) is 3.20.